The molecule has 0 atom stereocenters. The molecule has 2 aromatic carbocycles. The average Bonchev–Trinajstić information content (AvgIpc) is 2.75. The Morgan fingerprint density at radius 1 is 0.966 bits per heavy atom. The van der Waals surface area contributed by atoms with Crippen LogP contribution in [0.15, 0.2) is 66.9 Å². The summed E-state index contributed by atoms with van der Waals surface area (Å²) in [6.07, 6.45) is 1.83. The van der Waals surface area contributed by atoms with Crippen LogP contribution in [0.4, 0.5) is 5.69 Å². The lowest BCUT2D eigenvalue weighted by molar-refractivity contribution is 0.0697. The highest BCUT2D eigenvalue weighted by molar-refractivity contribution is 6.30. The predicted molar refractivity (Wildman–Crippen MR) is 116 cm³/mol. The Kier molecular flexibility index (Phi) is 5.79. The Morgan fingerprint density at radius 2 is 1.66 bits per heavy atom. The molecular weight excluding hydrogens is 386 g/mol. The summed E-state index contributed by atoms with van der Waals surface area (Å²) < 4.78 is 0. The fourth-order valence-electron chi connectivity index (χ4n) is 3.65. The maximum absolute atomic E-state index is 11.0. The van der Waals surface area contributed by atoms with Gasteiger partial charge in [-0.25, -0.2) is 4.79 Å². The molecule has 29 heavy (non-hydrogen) atoms. The molecule has 1 fully saturated rings. The van der Waals surface area contributed by atoms with Crippen LogP contribution in [-0.4, -0.2) is 47.1 Å². The summed E-state index contributed by atoms with van der Waals surface area (Å²) in [6.45, 7) is 4.54. The van der Waals surface area contributed by atoms with Gasteiger partial charge < -0.3 is 10.0 Å². The van der Waals surface area contributed by atoms with Crippen molar-refractivity contribution in [3.05, 3.63) is 83.0 Å². The van der Waals surface area contributed by atoms with Crippen LogP contribution in [-0.2, 0) is 6.54 Å². The highest BCUT2D eigenvalue weighted by Gasteiger charge is 2.19. The van der Waals surface area contributed by atoms with E-state index < -0.39 is 5.97 Å². The average molecular weight is 408 g/mol. The summed E-state index contributed by atoms with van der Waals surface area (Å²) in [5.74, 6) is -0.894. The number of hydrogen-bond donors (Lipinski definition) is 1. The highest BCUT2D eigenvalue weighted by Crippen LogP contribution is 2.25. The zero-order chi connectivity index (χ0) is 20.2. The number of piperazine rings is 1. The van der Waals surface area contributed by atoms with Gasteiger partial charge in [-0.1, -0.05) is 29.8 Å². The van der Waals surface area contributed by atoms with Crippen LogP contribution < -0.4 is 4.90 Å². The fourth-order valence-corrected chi connectivity index (χ4v) is 3.78. The molecule has 0 saturated carbocycles. The number of hydrogen-bond acceptors (Lipinski definition) is 4. The Morgan fingerprint density at radius 3 is 2.31 bits per heavy atom. The molecule has 2 heterocycles. The largest absolute Gasteiger partial charge is 0.478 e. The van der Waals surface area contributed by atoms with Crippen molar-refractivity contribution >= 4 is 23.3 Å². The van der Waals surface area contributed by atoms with Gasteiger partial charge in [-0.2, -0.15) is 0 Å². The molecule has 0 amide bonds. The van der Waals surface area contributed by atoms with E-state index in [1.54, 1.807) is 12.1 Å². The van der Waals surface area contributed by atoms with Crippen molar-refractivity contribution < 1.29 is 9.90 Å². The highest BCUT2D eigenvalue weighted by atomic mass is 35.5. The number of anilines is 1. The summed E-state index contributed by atoms with van der Waals surface area (Å²) in [6, 6.07) is 19.0. The number of nitrogens with zero attached hydrogens (tertiary/aromatic N) is 3. The minimum Gasteiger partial charge on any atom is -0.478 e. The Labute approximate surface area is 175 Å². The van der Waals surface area contributed by atoms with Gasteiger partial charge in [0, 0.05) is 55.2 Å². The van der Waals surface area contributed by atoms with E-state index in [9.17, 15) is 4.79 Å². The summed E-state index contributed by atoms with van der Waals surface area (Å²) in [5.41, 5.74) is 4.66. The third-order valence-corrected chi connectivity index (χ3v) is 5.51. The van der Waals surface area contributed by atoms with Crippen molar-refractivity contribution in [2.75, 3.05) is 31.1 Å². The predicted octanol–water partition coefficient (Wildman–Crippen LogP) is 4.42. The second-order valence-corrected chi connectivity index (χ2v) is 7.57. The number of halogens is 1. The van der Waals surface area contributed by atoms with Crippen LogP contribution in [0.5, 0.6) is 0 Å². The summed E-state index contributed by atoms with van der Waals surface area (Å²) in [4.78, 5) is 20.3. The number of pyridine rings is 1. The molecule has 5 nitrogen and oxygen atoms in total. The second kappa shape index (κ2) is 8.64. The monoisotopic (exact) mass is 407 g/mol. The normalized spacial score (nSPS) is 14.7. The lowest BCUT2D eigenvalue weighted by Crippen LogP contribution is -2.46. The molecule has 1 aliphatic rings. The fraction of sp³-hybridized carbons (Fsp3) is 0.217. The van der Waals surface area contributed by atoms with E-state index >= 15 is 0 Å². The molecule has 0 bridgehead atoms. The van der Waals surface area contributed by atoms with E-state index in [-0.39, 0.29) is 0 Å². The van der Waals surface area contributed by atoms with Crippen molar-refractivity contribution in [2.45, 2.75) is 6.54 Å². The summed E-state index contributed by atoms with van der Waals surface area (Å²) >= 11 is 6.02. The van der Waals surface area contributed by atoms with Crippen LogP contribution in [0.3, 0.4) is 0 Å². The quantitative estimate of drug-likeness (QED) is 0.678. The van der Waals surface area contributed by atoms with Gasteiger partial charge in [-0.15, -0.1) is 0 Å². The lowest BCUT2D eigenvalue weighted by atomic mass is 10.1. The molecule has 4 rings (SSSR count). The van der Waals surface area contributed by atoms with Gasteiger partial charge in [0.05, 0.1) is 11.3 Å². The van der Waals surface area contributed by atoms with Gasteiger partial charge >= 0.3 is 5.97 Å². The third-order valence-electron chi connectivity index (χ3n) is 5.25. The standard InChI is InChI=1S/C23H22ClN3O2/c24-20-7-3-17(4-8-20)22-19(2-1-11-25-22)16-26-12-14-27(15-13-26)21-9-5-18(6-10-21)23(28)29/h1-11H,12-16H2,(H,28,29). The van der Waals surface area contributed by atoms with E-state index in [2.05, 4.69) is 20.9 Å². The van der Waals surface area contributed by atoms with Crippen molar-refractivity contribution in [3.63, 3.8) is 0 Å². The van der Waals surface area contributed by atoms with E-state index in [1.165, 1.54) is 5.56 Å². The maximum Gasteiger partial charge on any atom is 0.335 e. The van der Waals surface area contributed by atoms with Gasteiger partial charge in [0.25, 0.3) is 0 Å². The van der Waals surface area contributed by atoms with Crippen LogP contribution in [0.25, 0.3) is 11.3 Å². The first kappa shape index (κ1) is 19.4. The zero-order valence-electron chi connectivity index (χ0n) is 16.0. The van der Waals surface area contributed by atoms with E-state index in [1.807, 2.05) is 48.7 Å². The second-order valence-electron chi connectivity index (χ2n) is 7.13. The van der Waals surface area contributed by atoms with Gasteiger partial charge in [0.15, 0.2) is 0 Å². The Balaban J connectivity index is 1.41. The molecule has 1 saturated heterocycles. The van der Waals surface area contributed by atoms with Gasteiger partial charge in [0.1, 0.15) is 0 Å². The minimum absolute atomic E-state index is 0.318. The molecule has 1 N–H and O–H groups in total. The number of carboxylic acid groups (broad SMARTS) is 1. The van der Waals surface area contributed by atoms with E-state index in [0.29, 0.717) is 5.56 Å². The molecule has 6 heteroatoms. The van der Waals surface area contributed by atoms with E-state index in [4.69, 9.17) is 16.7 Å². The van der Waals surface area contributed by atoms with Crippen molar-refractivity contribution in [3.8, 4) is 11.3 Å². The number of carboxylic acids is 1. The summed E-state index contributed by atoms with van der Waals surface area (Å²) in [7, 11) is 0. The molecule has 0 unspecified atom stereocenters. The molecule has 1 aliphatic heterocycles. The molecule has 0 aliphatic carbocycles. The minimum atomic E-state index is -0.894. The van der Waals surface area contributed by atoms with Crippen LogP contribution in [0.1, 0.15) is 15.9 Å². The van der Waals surface area contributed by atoms with Crippen molar-refractivity contribution in [1.29, 1.82) is 0 Å². The first-order valence-electron chi connectivity index (χ1n) is 9.60. The van der Waals surface area contributed by atoms with Crippen LogP contribution in [0, 0.1) is 0 Å². The van der Waals surface area contributed by atoms with Crippen molar-refractivity contribution in [2.24, 2.45) is 0 Å². The molecule has 0 radical (unpaired) electrons. The van der Waals surface area contributed by atoms with Gasteiger partial charge in [-0.05, 0) is 48.0 Å². The summed E-state index contributed by atoms with van der Waals surface area (Å²) in [5, 5.41) is 9.77. The number of benzene rings is 2. The lowest BCUT2D eigenvalue weighted by Gasteiger charge is -2.36. The number of aromatic carboxylic acids is 1. The van der Waals surface area contributed by atoms with E-state index in [0.717, 1.165) is 54.7 Å². The molecule has 0 spiro atoms. The van der Waals surface area contributed by atoms with Crippen LogP contribution in [0.2, 0.25) is 5.02 Å². The van der Waals surface area contributed by atoms with Gasteiger partial charge in [-0.3, -0.25) is 9.88 Å². The maximum atomic E-state index is 11.0. The topological polar surface area (TPSA) is 56.7 Å². The molecular formula is C23H22ClN3O2. The zero-order valence-corrected chi connectivity index (χ0v) is 16.7. The molecule has 3 aromatic rings. The molecule has 1 aromatic heterocycles. The first-order valence-corrected chi connectivity index (χ1v) is 9.98. The number of rotatable bonds is 5. The van der Waals surface area contributed by atoms with Crippen LogP contribution >= 0.6 is 11.6 Å². The first-order chi connectivity index (χ1) is 14.1. The Bertz CT molecular complexity index is 982. The van der Waals surface area contributed by atoms with Crippen molar-refractivity contribution in [1.82, 2.24) is 9.88 Å². The smallest absolute Gasteiger partial charge is 0.335 e. The SMILES string of the molecule is O=C(O)c1ccc(N2CCN(Cc3cccnc3-c3ccc(Cl)cc3)CC2)cc1. The Hall–Kier alpha value is -2.89. The van der Waals surface area contributed by atoms with Gasteiger partial charge in [0.2, 0.25) is 0 Å². The number of carbonyl (C=O) groups is 1. The number of aromatic nitrogens is 1. The third kappa shape index (κ3) is 4.58. The molecule has 148 valence electrons.